The summed E-state index contributed by atoms with van der Waals surface area (Å²) in [6.07, 6.45) is -3.08. The zero-order valence-electron chi connectivity index (χ0n) is 19.5. The molecule has 2 aromatic carbocycles. The Bertz CT molecular complexity index is 1270. The van der Waals surface area contributed by atoms with Crippen LogP contribution in [0.5, 0.6) is 17.2 Å². The zero-order valence-corrected chi connectivity index (χ0v) is 19.5. The van der Waals surface area contributed by atoms with Gasteiger partial charge in [0, 0.05) is 30.1 Å². The van der Waals surface area contributed by atoms with Gasteiger partial charge in [-0.2, -0.15) is 0 Å². The van der Waals surface area contributed by atoms with E-state index in [0.29, 0.717) is 52.6 Å². The van der Waals surface area contributed by atoms with Gasteiger partial charge in [0.1, 0.15) is 30.9 Å². The molecular formula is C25H26FN3O7. The third-order valence-electron chi connectivity index (χ3n) is 6.24. The molecule has 3 N–H and O–H groups in total. The number of carbonyl (C=O) groups is 1. The van der Waals surface area contributed by atoms with E-state index < -0.39 is 30.2 Å². The molecular weight excluding hydrogens is 473 g/mol. The molecule has 3 atom stereocenters. The van der Waals surface area contributed by atoms with Crippen molar-refractivity contribution in [2.24, 2.45) is 0 Å². The van der Waals surface area contributed by atoms with E-state index in [2.05, 4.69) is 10.3 Å². The van der Waals surface area contributed by atoms with Crippen molar-refractivity contribution in [2.45, 2.75) is 24.9 Å². The van der Waals surface area contributed by atoms with Crippen LogP contribution in [0, 0.1) is 5.82 Å². The molecule has 190 valence electrons. The van der Waals surface area contributed by atoms with E-state index in [0.717, 1.165) is 6.20 Å². The third kappa shape index (κ3) is 4.72. The highest BCUT2D eigenvalue weighted by Crippen LogP contribution is 2.35. The number of aliphatic hydroxyl groups is 2. The molecule has 10 nitrogen and oxygen atoms in total. The van der Waals surface area contributed by atoms with Crippen molar-refractivity contribution in [2.75, 3.05) is 38.3 Å². The highest BCUT2D eigenvalue weighted by molar-refractivity contribution is 5.90. The molecule has 1 aromatic heterocycles. The van der Waals surface area contributed by atoms with E-state index in [1.165, 1.54) is 12.0 Å². The molecule has 3 heterocycles. The summed E-state index contributed by atoms with van der Waals surface area (Å²) in [4.78, 5) is 17.9. The highest BCUT2D eigenvalue weighted by atomic mass is 19.1. The molecule has 0 aliphatic carbocycles. The number of aliphatic hydroxyl groups excluding tert-OH is 2. The number of cyclic esters (lactones) is 1. The smallest absolute Gasteiger partial charge is 0.414 e. The van der Waals surface area contributed by atoms with E-state index in [1.54, 1.807) is 36.4 Å². The lowest BCUT2D eigenvalue weighted by Gasteiger charge is -2.23. The molecule has 1 fully saturated rings. The van der Waals surface area contributed by atoms with Gasteiger partial charge in [0.2, 0.25) is 0 Å². The maximum atomic E-state index is 14.5. The van der Waals surface area contributed by atoms with Crippen LogP contribution >= 0.6 is 0 Å². The second-order valence-electron chi connectivity index (χ2n) is 8.52. The van der Waals surface area contributed by atoms with Gasteiger partial charge in [0.25, 0.3) is 0 Å². The Balaban J connectivity index is 1.21. The number of hydrogen-bond donors (Lipinski definition) is 3. The summed E-state index contributed by atoms with van der Waals surface area (Å²) in [5.74, 6) is 1.18. The average molecular weight is 499 g/mol. The number of rotatable bonds is 8. The first kappa shape index (κ1) is 24.0. The van der Waals surface area contributed by atoms with Gasteiger partial charge in [0.05, 0.1) is 37.2 Å². The van der Waals surface area contributed by atoms with Gasteiger partial charge in [-0.1, -0.05) is 0 Å². The predicted molar refractivity (Wildman–Crippen MR) is 127 cm³/mol. The Labute approximate surface area is 206 Å². The number of pyridine rings is 1. The van der Waals surface area contributed by atoms with E-state index in [9.17, 15) is 19.4 Å². The van der Waals surface area contributed by atoms with Crippen LogP contribution in [0.1, 0.15) is 5.56 Å². The molecule has 1 unspecified atom stereocenters. The molecule has 5 rings (SSSR count). The van der Waals surface area contributed by atoms with Crippen molar-refractivity contribution < 1.29 is 38.3 Å². The normalized spacial score (nSPS) is 18.7. The fourth-order valence-electron chi connectivity index (χ4n) is 4.30. The molecule has 0 radical (unpaired) electrons. The van der Waals surface area contributed by atoms with Crippen molar-refractivity contribution in [1.29, 1.82) is 0 Å². The molecule has 2 aliphatic rings. The molecule has 1 saturated heterocycles. The van der Waals surface area contributed by atoms with Crippen molar-refractivity contribution >= 4 is 22.7 Å². The second-order valence-corrected chi connectivity index (χ2v) is 8.52. The maximum absolute atomic E-state index is 14.5. The number of amides is 1. The lowest BCUT2D eigenvalue weighted by molar-refractivity contribution is -0.0460. The minimum atomic E-state index is -1.36. The summed E-state index contributed by atoms with van der Waals surface area (Å²) in [5, 5.41) is 24.7. The minimum absolute atomic E-state index is 0.0418. The number of methoxy groups -OCH3 is 1. The standard InChI is InChI=1S/C25H26FN3O7/c1-33-15-3-4-19-16(9-15)17(18(26)11-28-19)10-27-12-20(30)24(31)23-13-29(25(32)36-23)14-2-5-21-22(8-14)35-7-6-34-21/h2-5,8-9,11,20,23-24,27,30-31H,6-7,10,12-13H2,1H3/t20-,23?,24+/m0/s1. The van der Waals surface area contributed by atoms with Gasteiger partial charge in [-0.25, -0.2) is 9.18 Å². The zero-order chi connectivity index (χ0) is 25.2. The summed E-state index contributed by atoms with van der Waals surface area (Å²) >= 11 is 0. The Morgan fingerprint density at radius 1 is 1.19 bits per heavy atom. The van der Waals surface area contributed by atoms with Gasteiger partial charge in [-0.05, 0) is 30.3 Å². The Morgan fingerprint density at radius 2 is 2.00 bits per heavy atom. The van der Waals surface area contributed by atoms with Crippen LogP contribution in [0.4, 0.5) is 14.9 Å². The van der Waals surface area contributed by atoms with E-state index in [1.807, 2.05) is 0 Å². The molecule has 0 saturated carbocycles. The molecule has 0 spiro atoms. The van der Waals surface area contributed by atoms with Crippen molar-refractivity contribution in [1.82, 2.24) is 10.3 Å². The number of anilines is 1. The van der Waals surface area contributed by atoms with Gasteiger partial charge >= 0.3 is 6.09 Å². The van der Waals surface area contributed by atoms with Crippen molar-refractivity contribution in [3.63, 3.8) is 0 Å². The molecule has 3 aromatic rings. The SMILES string of the molecule is COc1ccc2ncc(F)c(CNC[C@H](O)[C@@H](O)C3CN(c4ccc5c(c4)OCCO5)C(=O)O3)c2c1. The van der Waals surface area contributed by atoms with E-state index >= 15 is 0 Å². The number of fused-ring (bicyclic) bond motifs is 2. The first-order valence-corrected chi connectivity index (χ1v) is 11.5. The fraction of sp³-hybridized carbons (Fsp3) is 0.360. The van der Waals surface area contributed by atoms with Crippen LogP contribution in [0.25, 0.3) is 10.9 Å². The van der Waals surface area contributed by atoms with E-state index in [4.69, 9.17) is 18.9 Å². The van der Waals surface area contributed by atoms with E-state index in [-0.39, 0.29) is 19.6 Å². The van der Waals surface area contributed by atoms with Crippen molar-refractivity contribution in [3.8, 4) is 17.2 Å². The summed E-state index contributed by atoms with van der Waals surface area (Å²) < 4.78 is 36.1. The second kappa shape index (κ2) is 10.1. The highest BCUT2D eigenvalue weighted by Gasteiger charge is 2.39. The van der Waals surface area contributed by atoms with Gasteiger partial charge in [-0.15, -0.1) is 0 Å². The number of nitrogens with one attached hydrogen (secondary N) is 1. The molecule has 1 amide bonds. The maximum Gasteiger partial charge on any atom is 0.414 e. The number of benzene rings is 2. The largest absolute Gasteiger partial charge is 0.497 e. The predicted octanol–water partition coefficient (Wildman–Crippen LogP) is 1.99. The quantitative estimate of drug-likeness (QED) is 0.427. The number of carbonyl (C=O) groups excluding carboxylic acids is 1. The summed E-state index contributed by atoms with van der Waals surface area (Å²) in [6.45, 7) is 0.923. The third-order valence-corrected chi connectivity index (χ3v) is 6.24. The fourth-order valence-corrected chi connectivity index (χ4v) is 4.30. The molecule has 0 bridgehead atoms. The molecule has 11 heteroatoms. The Hall–Kier alpha value is -3.67. The van der Waals surface area contributed by atoms with Gasteiger partial charge in [0.15, 0.2) is 17.6 Å². The topological polar surface area (TPSA) is 123 Å². The van der Waals surface area contributed by atoms with Crippen LogP contribution in [-0.2, 0) is 11.3 Å². The first-order chi connectivity index (χ1) is 17.4. The summed E-state index contributed by atoms with van der Waals surface area (Å²) in [5.41, 5.74) is 1.49. The van der Waals surface area contributed by atoms with Crippen LogP contribution in [-0.4, -0.2) is 73.0 Å². The number of hydrogen-bond acceptors (Lipinski definition) is 9. The van der Waals surface area contributed by atoms with Crippen LogP contribution in [0.15, 0.2) is 42.6 Å². The monoisotopic (exact) mass is 499 g/mol. The number of ether oxygens (including phenoxy) is 4. The molecule has 36 heavy (non-hydrogen) atoms. The van der Waals surface area contributed by atoms with Gasteiger partial charge < -0.3 is 34.5 Å². The van der Waals surface area contributed by atoms with Crippen LogP contribution in [0.3, 0.4) is 0 Å². The Kier molecular flexibility index (Phi) is 6.77. The summed E-state index contributed by atoms with van der Waals surface area (Å²) in [7, 11) is 1.52. The van der Waals surface area contributed by atoms with Crippen molar-refractivity contribution in [3.05, 3.63) is 54.0 Å². The van der Waals surface area contributed by atoms with Crippen LogP contribution < -0.4 is 24.4 Å². The van der Waals surface area contributed by atoms with Crippen LogP contribution in [0.2, 0.25) is 0 Å². The number of nitrogens with zero attached hydrogens (tertiary/aromatic N) is 2. The lowest BCUT2D eigenvalue weighted by atomic mass is 10.1. The lowest BCUT2D eigenvalue weighted by Crippen LogP contribution is -2.44. The minimum Gasteiger partial charge on any atom is -0.497 e. The first-order valence-electron chi connectivity index (χ1n) is 11.5. The van der Waals surface area contributed by atoms with Gasteiger partial charge in [-0.3, -0.25) is 9.88 Å². The average Bonchev–Trinajstić information content (AvgIpc) is 3.30. The number of halogens is 1. The number of aromatic nitrogens is 1. The summed E-state index contributed by atoms with van der Waals surface area (Å²) in [6, 6.07) is 10.2. The Morgan fingerprint density at radius 3 is 2.81 bits per heavy atom. The molecule has 2 aliphatic heterocycles.